The molecule has 1 nitrogen and oxygen atoms in total. The topological polar surface area (TPSA) is 20.2 Å². The van der Waals surface area contributed by atoms with E-state index < -0.39 is 0 Å². The van der Waals surface area contributed by atoms with Gasteiger partial charge >= 0.3 is 0 Å². The average Bonchev–Trinajstić information content (AvgIpc) is 2.21. The maximum Gasteiger partial charge on any atom is 0.0550 e. The summed E-state index contributed by atoms with van der Waals surface area (Å²) in [7, 11) is 0. The van der Waals surface area contributed by atoms with Crippen molar-refractivity contribution in [3.05, 3.63) is 0 Å². The van der Waals surface area contributed by atoms with Crippen LogP contribution in [0.2, 0.25) is 0 Å². The van der Waals surface area contributed by atoms with Gasteiger partial charge < -0.3 is 5.11 Å². The number of fused-ring (bicyclic) bond motifs is 3. The Morgan fingerprint density at radius 1 is 0.812 bits per heavy atom. The molecule has 1 N–H and O–H groups in total. The number of aliphatic hydroxyl groups excluding tert-OH is 1. The van der Waals surface area contributed by atoms with Gasteiger partial charge in [-0.3, -0.25) is 0 Å². The molecule has 1 heteroatoms. The highest BCUT2D eigenvalue weighted by molar-refractivity contribution is 5.12. The van der Waals surface area contributed by atoms with Gasteiger partial charge in [-0.15, -0.1) is 0 Å². The molecule has 5 aliphatic carbocycles. The van der Waals surface area contributed by atoms with Crippen LogP contribution < -0.4 is 0 Å². The lowest BCUT2D eigenvalue weighted by Gasteiger charge is -2.63. The lowest BCUT2D eigenvalue weighted by atomic mass is 9.42. The molecule has 0 heterocycles. The van der Waals surface area contributed by atoms with Crippen LogP contribution in [0.15, 0.2) is 0 Å². The molecule has 0 aromatic heterocycles. The highest BCUT2D eigenvalue weighted by atomic mass is 16.3. The van der Waals surface area contributed by atoms with Crippen LogP contribution in [0, 0.1) is 28.1 Å². The second-order valence-electron chi connectivity index (χ2n) is 8.22. The van der Waals surface area contributed by atoms with Gasteiger partial charge in [0.25, 0.3) is 0 Å². The van der Waals surface area contributed by atoms with E-state index >= 15 is 0 Å². The van der Waals surface area contributed by atoms with E-state index in [0.717, 1.165) is 24.7 Å². The first-order chi connectivity index (χ1) is 7.25. The van der Waals surface area contributed by atoms with Crippen molar-refractivity contribution < 1.29 is 5.11 Å². The van der Waals surface area contributed by atoms with E-state index in [1.165, 1.54) is 19.3 Å². The summed E-state index contributed by atoms with van der Waals surface area (Å²) in [5, 5.41) is 10.2. The zero-order chi connectivity index (χ0) is 11.8. The van der Waals surface area contributed by atoms with Gasteiger partial charge in [-0.05, 0) is 60.2 Å². The molecular weight excluding hydrogens is 196 g/mol. The van der Waals surface area contributed by atoms with Crippen molar-refractivity contribution in [3.63, 3.8) is 0 Å². The van der Waals surface area contributed by atoms with Crippen LogP contribution in [0.1, 0.15) is 59.8 Å². The largest absolute Gasteiger partial charge is 0.393 e. The van der Waals surface area contributed by atoms with E-state index in [2.05, 4.69) is 27.7 Å². The summed E-state index contributed by atoms with van der Waals surface area (Å²) >= 11 is 0. The van der Waals surface area contributed by atoms with Gasteiger partial charge in [-0.1, -0.05) is 27.7 Å². The van der Waals surface area contributed by atoms with E-state index in [1.54, 1.807) is 0 Å². The molecule has 5 saturated carbocycles. The molecule has 5 aliphatic rings. The highest BCUT2D eigenvalue weighted by Gasteiger charge is 2.62. The van der Waals surface area contributed by atoms with Crippen LogP contribution in [0.3, 0.4) is 0 Å². The maximum absolute atomic E-state index is 10.2. The standard InChI is InChI=1S/C15H26O/c1-13(2)5-10-6-15(4)8-11(16)7-14(10,3)9-12(13)15/h10-12,16H,5-9H2,1-4H3/t10-,11+,12+,14-,15+/m0/s1. The molecule has 4 bridgehead atoms. The summed E-state index contributed by atoms with van der Waals surface area (Å²) in [6, 6.07) is 0. The molecule has 92 valence electrons. The third-order valence-corrected chi connectivity index (χ3v) is 6.33. The summed E-state index contributed by atoms with van der Waals surface area (Å²) in [4.78, 5) is 0. The highest BCUT2D eigenvalue weighted by Crippen LogP contribution is 2.70. The molecule has 0 amide bonds. The molecule has 0 aliphatic heterocycles. The number of rotatable bonds is 0. The van der Waals surface area contributed by atoms with E-state index in [0.29, 0.717) is 16.2 Å². The lowest BCUT2D eigenvalue weighted by molar-refractivity contribution is -0.134. The smallest absolute Gasteiger partial charge is 0.0550 e. The second kappa shape index (κ2) is 2.85. The Kier molecular flexibility index (Phi) is 1.98. The summed E-state index contributed by atoms with van der Waals surface area (Å²) in [6.07, 6.45) is 6.18. The lowest BCUT2D eigenvalue weighted by Crippen LogP contribution is -2.54. The van der Waals surface area contributed by atoms with Crippen molar-refractivity contribution in [1.29, 1.82) is 0 Å². The van der Waals surface area contributed by atoms with Crippen LogP contribution in [-0.4, -0.2) is 11.2 Å². The van der Waals surface area contributed by atoms with Crippen LogP contribution >= 0.6 is 0 Å². The normalized spacial score (nSPS) is 58.7. The van der Waals surface area contributed by atoms with Crippen LogP contribution in [0.5, 0.6) is 0 Å². The first kappa shape index (κ1) is 11.1. The molecule has 0 radical (unpaired) electrons. The van der Waals surface area contributed by atoms with Crippen molar-refractivity contribution in [1.82, 2.24) is 0 Å². The Morgan fingerprint density at radius 2 is 1.44 bits per heavy atom. The summed E-state index contributed by atoms with van der Waals surface area (Å²) in [6.45, 7) is 9.80. The van der Waals surface area contributed by atoms with Crippen molar-refractivity contribution >= 4 is 0 Å². The van der Waals surface area contributed by atoms with E-state index in [-0.39, 0.29) is 6.10 Å². The molecule has 0 aromatic rings. The number of aliphatic hydroxyl groups is 1. The number of hydrogen-bond acceptors (Lipinski definition) is 1. The number of hydrogen-bond donors (Lipinski definition) is 1. The molecule has 5 atom stereocenters. The Labute approximate surface area is 99.6 Å². The van der Waals surface area contributed by atoms with Gasteiger partial charge in [0, 0.05) is 0 Å². The third kappa shape index (κ3) is 1.27. The summed E-state index contributed by atoms with van der Waals surface area (Å²) in [5.74, 6) is 1.68. The van der Waals surface area contributed by atoms with Crippen LogP contribution in [0.4, 0.5) is 0 Å². The second-order valence-corrected chi connectivity index (χ2v) is 8.22. The fourth-order valence-electron chi connectivity index (χ4n) is 5.77. The van der Waals surface area contributed by atoms with E-state index in [1.807, 2.05) is 0 Å². The van der Waals surface area contributed by atoms with Gasteiger partial charge in [0.05, 0.1) is 6.10 Å². The molecule has 16 heavy (non-hydrogen) atoms. The predicted molar refractivity (Wildman–Crippen MR) is 66.1 cm³/mol. The van der Waals surface area contributed by atoms with E-state index in [4.69, 9.17) is 0 Å². The molecule has 5 fully saturated rings. The fourth-order valence-corrected chi connectivity index (χ4v) is 5.77. The van der Waals surface area contributed by atoms with Gasteiger partial charge in [0.1, 0.15) is 0 Å². The SMILES string of the molecule is CC1(C)C[C@H]2C[C@]3(C)C[C@H](O)C[C@@]2(C)C[C@H]13. The summed E-state index contributed by atoms with van der Waals surface area (Å²) in [5.41, 5.74) is 1.36. The zero-order valence-electron chi connectivity index (χ0n) is 11.2. The monoisotopic (exact) mass is 222 g/mol. The van der Waals surface area contributed by atoms with Crippen molar-refractivity contribution in [2.24, 2.45) is 28.1 Å². The zero-order valence-corrected chi connectivity index (χ0v) is 11.2. The molecule has 0 saturated heterocycles. The first-order valence-corrected chi connectivity index (χ1v) is 6.93. The average molecular weight is 222 g/mol. The molecule has 0 spiro atoms. The van der Waals surface area contributed by atoms with Crippen LogP contribution in [0.25, 0.3) is 0 Å². The third-order valence-electron chi connectivity index (χ3n) is 6.33. The Balaban J connectivity index is 2.07. The van der Waals surface area contributed by atoms with Crippen molar-refractivity contribution in [2.75, 3.05) is 0 Å². The van der Waals surface area contributed by atoms with Crippen molar-refractivity contribution in [3.8, 4) is 0 Å². The minimum atomic E-state index is -0.0427. The van der Waals surface area contributed by atoms with Gasteiger partial charge in [-0.2, -0.15) is 0 Å². The molecule has 5 rings (SSSR count). The van der Waals surface area contributed by atoms with Crippen LogP contribution in [-0.2, 0) is 0 Å². The van der Waals surface area contributed by atoms with Gasteiger partial charge in [-0.25, -0.2) is 0 Å². The van der Waals surface area contributed by atoms with E-state index in [9.17, 15) is 5.11 Å². The maximum atomic E-state index is 10.2. The quantitative estimate of drug-likeness (QED) is 0.664. The Morgan fingerprint density at radius 3 is 2.06 bits per heavy atom. The first-order valence-electron chi connectivity index (χ1n) is 6.93. The molecular formula is C15H26O. The summed E-state index contributed by atoms with van der Waals surface area (Å²) < 4.78 is 0. The minimum absolute atomic E-state index is 0.0427. The predicted octanol–water partition coefficient (Wildman–Crippen LogP) is 3.61. The molecule has 0 unspecified atom stereocenters. The minimum Gasteiger partial charge on any atom is -0.393 e. The fraction of sp³-hybridized carbons (Fsp3) is 1.00. The van der Waals surface area contributed by atoms with Crippen molar-refractivity contribution in [2.45, 2.75) is 65.9 Å². The van der Waals surface area contributed by atoms with Gasteiger partial charge in [0.15, 0.2) is 0 Å². The molecule has 0 aromatic carbocycles. The Bertz CT molecular complexity index is 321. The Hall–Kier alpha value is -0.0400. The van der Waals surface area contributed by atoms with Gasteiger partial charge in [0.2, 0.25) is 0 Å².